The van der Waals surface area contributed by atoms with Crippen LogP contribution in [0.2, 0.25) is 0 Å². The Labute approximate surface area is 100 Å². The van der Waals surface area contributed by atoms with E-state index >= 15 is 0 Å². The molecule has 0 fully saturated rings. The molecule has 1 heterocycles. The molecular formula is C11H19N3OS. The van der Waals surface area contributed by atoms with E-state index in [0.717, 1.165) is 6.42 Å². The Morgan fingerprint density at radius 3 is 2.88 bits per heavy atom. The van der Waals surface area contributed by atoms with Gasteiger partial charge in [0.25, 0.3) is 0 Å². The monoisotopic (exact) mass is 241 g/mol. The molecule has 0 saturated heterocycles. The molecule has 0 spiro atoms. The Kier molecular flexibility index (Phi) is 5.28. The highest BCUT2D eigenvalue weighted by atomic mass is 32.1. The van der Waals surface area contributed by atoms with Crippen LogP contribution in [0.3, 0.4) is 0 Å². The lowest BCUT2D eigenvalue weighted by Gasteiger charge is -2.19. The zero-order valence-corrected chi connectivity index (χ0v) is 10.5. The fourth-order valence-corrected chi connectivity index (χ4v) is 2.40. The molecule has 0 amide bonds. The molecule has 0 aliphatic rings. The highest BCUT2D eigenvalue weighted by molar-refractivity contribution is 7.07. The Morgan fingerprint density at radius 1 is 1.56 bits per heavy atom. The van der Waals surface area contributed by atoms with Crippen LogP contribution in [0.15, 0.2) is 22.0 Å². The van der Waals surface area contributed by atoms with Gasteiger partial charge in [-0.15, -0.1) is 0 Å². The molecule has 0 aliphatic heterocycles. The summed E-state index contributed by atoms with van der Waals surface area (Å²) in [6.07, 6.45) is 1.56. The van der Waals surface area contributed by atoms with E-state index in [9.17, 15) is 0 Å². The highest BCUT2D eigenvalue weighted by Crippen LogP contribution is 2.09. The van der Waals surface area contributed by atoms with Crippen LogP contribution < -0.4 is 11.1 Å². The zero-order valence-electron chi connectivity index (χ0n) is 9.68. The Hall–Kier alpha value is -1.07. The predicted octanol–water partition coefficient (Wildman–Crippen LogP) is 1.79. The number of amidine groups is 1. The molecule has 1 aromatic heterocycles. The first-order valence-corrected chi connectivity index (χ1v) is 6.29. The second-order valence-corrected chi connectivity index (χ2v) is 4.88. The number of hydrogen-bond donors (Lipinski definition) is 3. The SMILES string of the molecule is CC(CC(N)=NO)NC(C)Cc1ccsc1. The average molecular weight is 241 g/mol. The zero-order chi connectivity index (χ0) is 12.0. The van der Waals surface area contributed by atoms with E-state index in [-0.39, 0.29) is 11.9 Å². The quantitative estimate of drug-likeness (QED) is 0.308. The van der Waals surface area contributed by atoms with Crippen LogP contribution in [-0.4, -0.2) is 23.1 Å². The van der Waals surface area contributed by atoms with Crippen molar-refractivity contribution in [3.63, 3.8) is 0 Å². The number of thiophene rings is 1. The summed E-state index contributed by atoms with van der Waals surface area (Å²) in [6, 6.07) is 2.73. The van der Waals surface area contributed by atoms with Crippen LogP contribution in [0.1, 0.15) is 25.8 Å². The van der Waals surface area contributed by atoms with Crippen molar-refractivity contribution in [2.75, 3.05) is 0 Å². The van der Waals surface area contributed by atoms with E-state index in [2.05, 4.69) is 34.2 Å². The van der Waals surface area contributed by atoms with E-state index in [0.29, 0.717) is 12.5 Å². The van der Waals surface area contributed by atoms with Gasteiger partial charge in [-0.3, -0.25) is 0 Å². The van der Waals surface area contributed by atoms with Crippen molar-refractivity contribution >= 4 is 17.2 Å². The van der Waals surface area contributed by atoms with Crippen LogP contribution in [0, 0.1) is 0 Å². The largest absolute Gasteiger partial charge is 0.409 e. The van der Waals surface area contributed by atoms with Crippen molar-refractivity contribution in [2.24, 2.45) is 10.9 Å². The maximum Gasteiger partial charge on any atom is 0.140 e. The molecule has 4 nitrogen and oxygen atoms in total. The lowest BCUT2D eigenvalue weighted by atomic mass is 10.1. The molecule has 0 bridgehead atoms. The summed E-state index contributed by atoms with van der Waals surface area (Å²) in [6.45, 7) is 4.17. The predicted molar refractivity (Wildman–Crippen MR) is 68.1 cm³/mol. The number of oxime groups is 1. The standard InChI is InChI=1S/C11H19N3OS/c1-8(5-10-3-4-16-7-10)13-9(2)6-11(12)14-15/h3-4,7-9,13,15H,5-6H2,1-2H3,(H2,12,14). The number of nitrogens with zero attached hydrogens (tertiary/aromatic N) is 1. The van der Waals surface area contributed by atoms with E-state index in [4.69, 9.17) is 10.9 Å². The second-order valence-electron chi connectivity index (χ2n) is 4.10. The summed E-state index contributed by atoms with van der Waals surface area (Å²) in [5, 5.41) is 19.1. The smallest absolute Gasteiger partial charge is 0.140 e. The third-order valence-electron chi connectivity index (χ3n) is 2.33. The molecule has 1 rings (SSSR count). The number of nitrogens with two attached hydrogens (primary N) is 1. The fraction of sp³-hybridized carbons (Fsp3) is 0.545. The minimum atomic E-state index is 0.213. The minimum Gasteiger partial charge on any atom is -0.409 e. The van der Waals surface area contributed by atoms with Gasteiger partial charge in [0.05, 0.1) is 0 Å². The third kappa shape index (κ3) is 4.63. The van der Waals surface area contributed by atoms with Gasteiger partial charge in [-0.05, 0) is 42.7 Å². The second kappa shape index (κ2) is 6.50. The summed E-state index contributed by atoms with van der Waals surface area (Å²) in [5.41, 5.74) is 6.80. The molecule has 5 heteroatoms. The number of nitrogens with one attached hydrogen (secondary N) is 1. The molecule has 0 radical (unpaired) electrons. The summed E-state index contributed by atoms with van der Waals surface area (Å²) < 4.78 is 0. The molecular weight excluding hydrogens is 222 g/mol. The number of rotatable bonds is 6. The summed E-state index contributed by atoms with van der Waals surface area (Å²) in [4.78, 5) is 0. The van der Waals surface area contributed by atoms with Crippen LogP contribution in [0.25, 0.3) is 0 Å². The van der Waals surface area contributed by atoms with Crippen LogP contribution in [-0.2, 0) is 6.42 Å². The van der Waals surface area contributed by atoms with Gasteiger partial charge in [-0.2, -0.15) is 11.3 Å². The molecule has 4 N–H and O–H groups in total. The molecule has 0 aromatic carbocycles. The molecule has 0 saturated carbocycles. The first kappa shape index (κ1) is 13.0. The fourth-order valence-electron chi connectivity index (χ4n) is 1.72. The maximum absolute atomic E-state index is 8.46. The highest BCUT2D eigenvalue weighted by Gasteiger charge is 2.09. The van der Waals surface area contributed by atoms with Gasteiger partial charge in [0.2, 0.25) is 0 Å². The first-order chi connectivity index (χ1) is 7.61. The van der Waals surface area contributed by atoms with Crippen molar-refractivity contribution in [3.05, 3.63) is 22.4 Å². The topological polar surface area (TPSA) is 70.6 Å². The van der Waals surface area contributed by atoms with Gasteiger partial charge in [0.1, 0.15) is 5.84 Å². The van der Waals surface area contributed by atoms with Crippen LogP contribution in [0.4, 0.5) is 0 Å². The minimum absolute atomic E-state index is 0.213. The molecule has 0 aliphatic carbocycles. The Bertz CT molecular complexity index is 324. The molecule has 1 aromatic rings. The molecule has 2 atom stereocenters. The molecule has 2 unspecified atom stereocenters. The van der Waals surface area contributed by atoms with Gasteiger partial charge in [0, 0.05) is 18.5 Å². The average Bonchev–Trinajstić information content (AvgIpc) is 2.69. The van der Waals surface area contributed by atoms with Gasteiger partial charge in [-0.25, -0.2) is 0 Å². The number of hydrogen-bond acceptors (Lipinski definition) is 4. The Morgan fingerprint density at radius 2 is 2.31 bits per heavy atom. The van der Waals surface area contributed by atoms with Gasteiger partial charge in [0.15, 0.2) is 0 Å². The third-order valence-corrected chi connectivity index (χ3v) is 3.07. The summed E-state index contributed by atoms with van der Waals surface area (Å²) in [5.74, 6) is 0.266. The van der Waals surface area contributed by atoms with Gasteiger partial charge >= 0.3 is 0 Å². The van der Waals surface area contributed by atoms with Crippen molar-refractivity contribution in [1.29, 1.82) is 0 Å². The van der Waals surface area contributed by atoms with Crippen molar-refractivity contribution in [2.45, 2.75) is 38.8 Å². The van der Waals surface area contributed by atoms with E-state index < -0.39 is 0 Å². The lowest BCUT2D eigenvalue weighted by Crippen LogP contribution is -2.38. The molecule has 16 heavy (non-hydrogen) atoms. The van der Waals surface area contributed by atoms with Crippen molar-refractivity contribution < 1.29 is 5.21 Å². The summed E-state index contributed by atoms with van der Waals surface area (Å²) in [7, 11) is 0. The van der Waals surface area contributed by atoms with Crippen LogP contribution >= 0.6 is 11.3 Å². The lowest BCUT2D eigenvalue weighted by molar-refractivity contribution is 0.315. The Balaban J connectivity index is 2.31. The first-order valence-electron chi connectivity index (χ1n) is 5.35. The van der Waals surface area contributed by atoms with E-state index in [1.54, 1.807) is 11.3 Å². The van der Waals surface area contributed by atoms with E-state index in [1.165, 1.54) is 5.56 Å². The summed E-state index contributed by atoms with van der Waals surface area (Å²) >= 11 is 1.71. The van der Waals surface area contributed by atoms with Crippen molar-refractivity contribution in [1.82, 2.24) is 5.32 Å². The van der Waals surface area contributed by atoms with Gasteiger partial charge < -0.3 is 16.3 Å². The van der Waals surface area contributed by atoms with Crippen molar-refractivity contribution in [3.8, 4) is 0 Å². The van der Waals surface area contributed by atoms with Crippen LogP contribution in [0.5, 0.6) is 0 Å². The van der Waals surface area contributed by atoms with Gasteiger partial charge in [-0.1, -0.05) is 5.16 Å². The normalized spacial score (nSPS) is 16.0. The van der Waals surface area contributed by atoms with E-state index in [1.807, 2.05) is 6.92 Å². The molecule has 90 valence electrons. The maximum atomic E-state index is 8.46.